The van der Waals surface area contributed by atoms with E-state index < -0.39 is 0 Å². The summed E-state index contributed by atoms with van der Waals surface area (Å²) in [4.78, 5) is 0. The number of benzene rings is 2. The molecular formula is C27H33N. The third-order valence-corrected chi connectivity index (χ3v) is 6.52. The van der Waals surface area contributed by atoms with E-state index in [0.29, 0.717) is 11.8 Å². The maximum atomic E-state index is 3.43. The van der Waals surface area contributed by atoms with Gasteiger partial charge in [-0.05, 0) is 91.4 Å². The number of aryl methyl sites for hydroxylation is 1. The highest BCUT2D eigenvalue weighted by atomic mass is 14.8. The Morgan fingerprint density at radius 1 is 0.964 bits per heavy atom. The lowest BCUT2D eigenvalue weighted by atomic mass is 9.66. The first kappa shape index (κ1) is 19.2. The third-order valence-electron chi connectivity index (χ3n) is 6.52. The molecule has 0 aliphatic heterocycles. The molecule has 2 aromatic rings. The van der Waals surface area contributed by atoms with E-state index in [1.165, 1.54) is 47.9 Å². The van der Waals surface area contributed by atoms with Crippen LogP contribution in [0.1, 0.15) is 66.7 Å². The summed E-state index contributed by atoms with van der Waals surface area (Å²) < 4.78 is 0. The molecule has 146 valence electrons. The van der Waals surface area contributed by atoms with Crippen molar-refractivity contribution in [3.8, 4) is 0 Å². The highest BCUT2D eigenvalue weighted by molar-refractivity contribution is 5.50. The topological polar surface area (TPSA) is 12.0 Å². The molecule has 1 N–H and O–H groups in total. The lowest BCUT2D eigenvalue weighted by molar-refractivity contribution is 0.509. The van der Waals surface area contributed by atoms with Gasteiger partial charge in [0.15, 0.2) is 0 Å². The molecule has 4 rings (SSSR count). The van der Waals surface area contributed by atoms with Crippen molar-refractivity contribution in [3.63, 3.8) is 0 Å². The second-order valence-electron chi connectivity index (χ2n) is 8.29. The number of rotatable bonds is 6. The lowest BCUT2D eigenvalue weighted by Crippen LogP contribution is -2.22. The molecule has 1 saturated carbocycles. The minimum absolute atomic E-state index is 0.490. The molecule has 0 spiro atoms. The molecule has 1 heteroatoms. The van der Waals surface area contributed by atoms with E-state index in [-0.39, 0.29) is 0 Å². The predicted octanol–water partition coefficient (Wildman–Crippen LogP) is 6.45. The quantitative estimate of drug-likeness (QED) is 0.575. The number of allylic oxidation sites excluding steroid dienone is 4. The Morgan fingerprint density at radius 3 is 2.54 bits per heavy atom. The monoisotopic (exact) mass is 371 g/mol. The zero-order valence-corrected chi connectivity index (χ0v) is 17.4. The molecule has 0 bridgehead atoms. The van der Waals surface area contributed by atoms with Gasteiger partial charge in [-0.3, -0.25) is 0 Å². The standard InChI is InChI=1S/C27H33N/c1-3-28-19-18-21-12-14-23(15-13-21)27-25-11-7-5-9-22(25)16-17-26(27)24-10-6-4-8-20(24)2/h4,6,8-15,26-28H,3,5,7,16-19H2,1-2H3. The van der Waals surface area contributed by atoms with E-state index >= 15 is 0 Å². The Morgan fingerprint density at radius 2 is 1.75 bits per heavy atom. The zero-order valence-electron chi connectivity index (χ0n) is 17.4. The van der Waals surface area contributed by atoms with E-state index in [0.717, 1.165) is 19.5 Å². The minimum atomic E-state index is 0.490. The SMILES string of the molecule is CCNCCc1ccc(C2C3=CCCC=C3CCC2c2ccccc2C)cc1. The molecule has 1 nitrogen and oxygen atoms in total. The van der Waals surface area contributed by atoms with E-state index in [1.54, 1.807) is 11.1 Å². The second kappa shape index (κ2) is 8.92. The van der Waals surface area contributed by atoms with Gasteiger partial charge in [-0.25, -0.2) is 0 Å². The van der Waals surface area contributed by atoms with Crippen molar-refractivity contribution in [3.05, 3.63) is 94.1 Å². The summed E-state index contributed by atoms with van der Waals surface area (Å²) in [6.45, 7) is 6.54. The Hall–Kier alpha value is -2.12. The van der Waals surface area contributed by atoms with Gasteiger partial charge in [0.25, 0.3) is 0 Å². The Balaban J connectivity index is 1.67. The van der Waals surface area contributed by atoms with Crippen LogP contribution < -0.4 is 5.32 Å². The first-order valence-corrected chi connectivity index (χ1v) is 11.0. The van der Waals surface area contributed by atoms with Crippen LogP contribution in [0, 0.1) is 6.92 Å². The molecule has 2 aliphatic rings. The summed E-state index contributed by atoms with van der Waals surface area (Å²) in [6, 6.07) is 18.5. The molecule has 0 heterocycles. The molecule has 2 unspecified atom stereocenters. The van der Waals surface area contributed by atoms with Crippen LogP contribution >= 0.6 is 0 Å². The van der Waals surface area contributed by atoms with Gasteiger partial charge in [-0.15, -0.1) is 0 Å². The van der Waals surface area contributed by atoms with Crippen molar-refractivity contribution in [1.29, 1.82) is 0 Å². The number of hydrogen-bond donors (Lipinski definition) is 1. The summed E-state index contributed by atoms with van der Waals surface area (Å²) in [5, 5.41) is 3.43. The first-order valence-electron chi connectivity index (χ1n) is 11.0. The van der Waals surface area contributed by atoms with Gasteiger partial charge < -0.3 is 5.32 Å². The third kappa shape index (κ3) is 4.00. The Kier molecular flexibility index (Phi) is 6.12. The maximum Gasteiger partial charge on any atom is 0.0158 e. The van der Waals surface area contributed by atoms with E-state index in [9.17, 15) is 0 Å². The fourth-order valence-electron chi connectivity index (χ4n) is 5.06. The molecule has 0 saturated heterocycles. The van der Waals surface area contributed by atoms with Crippen LogP contribution in [-0.4, -0.2) is 13.1 Å². The number of nitrogens with one attached hydrogen (secondary N) is 1. The summed E-state index contributed by atoms with van der Waals surface area (Å²) in [6.07, 6.45) is 11.0. The van der Waals surface area contributed by atoms with E-state index in [2.05, 4.69) is 79.8 Å². The average molecular weight is 372 g/mol. The van der Waals surface area contributed by atoms with Crippen molar-refractivity contribution in [2.75, 3.05) is 13.1 Å². The van der Waals surface area contributed by atoms with Crippen LogP contribution in [0.2, 0.25) is 0 Å². The van der Waals surface area contributed by atoms with Crippen LogP contribution in [0.5, 0.6) is 0 Å². The molecule has 2 atom stereocenters. The van der Waals surface area contributed by atoms with Gasteiger partial charge in [0.1, 0.15) is 0 Å². The lowest BCUT2D eigenvalue weighted by Gasteiger charge is -2.38. The van der Waals surface area contributed by atoms with Crippen LogP contribution in [0.4, 0.5) is 0 Å². The van der Waals surface area contributed by atoms with E-state index in [4.69, 9.17) is 0 Å². The fourth-order valence-corrected chi connectivity index (χ4v) is 5.06. The van der Waals surface area contributed by atoms with Crippen LogP contribution in [0.3, 0.4) is 0 Å². The normalized spacial score (nSPS) is 21.6. The zero-order chi connectivity index (χ0) is 19.3. The van der Waals surface area contributed by atoms with Crippen molar-refractivity contribution >= 4 is 0 Å². The molecular weight excluding hydrogens is 338 g/mol. The molecule has 28 heavy (non-hydrogen) atoms. The van der Waals surface area contributed by atoms with Gasteiger partial charge >= 0.3 is 0 Å². The van der Waals surface area contributed by atoms with Crippen LogP contribution in [-0.2, 0) is 6.42 Å². The van der Waals surface area contributed by atoms with Gasteiger partial charge in [0.05, 0.1) is 0 Å². The smallest absolute Gasteiger partial charge is 0.0158 e. The predicted molar refractivity (Wildman–Crippen MR) is 120 cm³/mol. The largest absolute Gasteiger partial charge is 0.317 e. The van der Waals surface area contributed by atoms with Crippen LogP contribution in [0.15, 0.2) is 71.8 Å². The number of hydrogen-bond acceptors (Lipinski definition) is 1. The second-order valence-corrected chi connectivity index (χ2v) is 8.29. The van der Waals surface area contributed by atoms with Crippen molar-refractivity contribution < 1.29 is 0 Å². The summed E-state index contributed by atoms with van der Waals surface area (Å²) >= 11 is 0. The highest BCUT2D eigenvalue weighted by Gasteiger charge is 2.34. The van der Waals surface area contributed by atoms with Gasteiger partial charge in [0, 0.05) is 5.92 Å². The molecule has 0 aromatic heterocycles. The fraction of sp³-hybridized carbons (Fsp3) is 0.407. The average Bonchev–Trinajstić information content (AvgIpc) is 2.74. The summed E-state index contributed by atoms with van der Waals surface area (Å²) in [5.74, 6) is 1.07. The van der Waals surface area contributed by atoms with Gasteiger partial charge in [-0.2, -0.15) is 0 Å². The van der Waals surface area contributed by atoms with Crippen molar-refractivity contribution in [1.82, 2.24) is 5.32 Å². The number of likely N-dealkylation sites (N-methyl/N-ethyl adjacent to an activating group) is 1. The first-order chi connectivity index (χ1) is 13.8. The van der Waals surface area contributed by atoms with E-state index in [1.807, 2.05) is 0 Å². The molecule has 2 aliphatic carbocycles. The Labute approximate surface area is 170 Å². The Bertz CT molecular complexity index is 856. The van der Waals surface area contributed by atoms with Crippen molar-refractivity contribution in [2.45, 2.75) is 57.8 Å². The van der Waals surface area contributed by atoms with Crippen molar-refractivity contribution in [2.24, 2.45) is 0 Å². The highest BCUT2D eigenvalue weighted by Crippen LogP contribution is 2.51. The summed E-state index contributed by atoms with van der Waals surface area (Å²) in [7, 11) is 0. The maximum absolute atomic E-state index is 3.43. The molecule has 0 radical (unpaired) electrons. The molecule has 2 aromatic carbocycles. The minimum Gasteiger partial charge on any atom is -0.317 e. The molecule has 0 amide bonds. The van der Waals surface area contributed by atoms with Gasteiger partial charge in [-0.1, -0.05) is 67.6 Å². The number of fused-ring (bicyclic) bond motifs is 1. The summed E-state index contributed by atoms with van der Waals surface area (Å²) in [5.41, 5.74) is 9.10. The molecule has 1 fully saturated rings. The van der Waals surface area contributed by atoms with Gasteiger partial charge in [0.2, 0.25) is 0 Å². The van der Waals surface area contributed by atoms with Crippen LogP contribution in [0.25, 0.3) is 0 Å².